The highest BCUT2D eigenvalue weighted by atomic mass is 16.5. The SMILES string of the molecule is CCN(CC)C(=O)CCNC(C)C(C)OC. The van der Waals surface area contributed by atoms with Gasteiger partial charge in [-0.2, -0.15) is 0 Å². The van der Waals surface area contributed by atoms with E-state index in [1.807, 2.05) is 25.7 Å². The van der Waals surface area contributed by atoms with Gasteiger partial charge in [-0.05, 0) is 27.7 Å². The van der Waals surface area contributed by atoms with Gasteiger partial charge >= 0.3 is 0 Å². The zero-order valence-corrected chi connectivity index (χ0v) is 11.2. The Bertz CT molecular complexity index is 193. The van der Waals surface area contributed by atoms with E-state index in [-0.39, 0.29) is 18.1 Å². The Labute approximate surface area is 99.3 Å². The number of hydrogen-bond donors (Lipinski definition) is 1. The summed E-state index contributed by atoms with van der Waals surface area (Å²) in [5.41, 5.74) is 0. The highest BCUT2D eigenvalue weighted by Gasteiger charge is 2.12. The second-order valence-electron chi connectivity index (χ2n) is 4.00. The first kappa shape index (κ1) is 15.4. The minimum absolute atomic E-state index is 0.170. The molecule has 0 aliphatic carbocycles. The molecular formula is C12H26N2O2. The first-order chi connectivity index (χ1) is 7.56. The Morgan fingerprint density at radius 3 is 2.31 bits per heavy atom. The fraction of sp³-hybridized carbons (Fsp3) is 0.917. The highest BCUT2D eigenvalue weighted by molar-refractivity contribution is 5.76. The van der Waals surface area contributed by atoms with Crippen LogP contribution in [0.5, 0.6) is 0 Å². The highest BCUT2D eigenvalue weighted by Crippen LogP contribution is 1.97. The van der Waals surface area contributed by atoms with Gasteiger partial charge in [-0.3, -0.25) is 4.79 Å². The number of nitrogens with zero attached hydrogens (tertiary/aromatic N) is 1. The molecule has 0 aromatic carbocycles. The lowest BCUT2D eigenvalue weighted by molar-refractivity contribution is -0.130. The van der Waals surface area contributed by atoms with Crippen molar-refractivity contribution in [1.29, 1.82) is 0 Å². The van der Waals surface area contributed by atoms with Gasteiger partial charge in [0.15, 0.2) is 0 Å². The standard InChI is InChI=1S/C12H26N2O2/c1-6-14(7-2)12(15)8-9-13-10(3)11(4)16-5/h10-11,13H,6-9H2,1-5H3. The minimum Gasteiger partial charge on any atom is -0.380 e. The molecule has 4 heteroatoms. The van der Waals surface area contributed by atoms with Crippen molar-refractivity contribution in [2.75, 3.05) is 26.7 Å². The van der Waals surface area contributed by atoms with Crippen molar-refractivity contribution >= 4 is 5.91 Å². The van der Waals surface area contributed by atoms with Crippen molar-refractivity contribution < 1.29 is 9.53 Å². The molecule has 0 saturated carbocycles. The van der Waals surface area contributed by atoms with E-state index in [9.17, 15) is 4.79 Å². The number of carbonyl (C=O) groups excluding carboxylic acids is 1. The van der Waals surface area contributed by atoms with Gasteiger partial charge in [-0.1, -0.05) is 0 Å². The number of nitrogens with one attached hydrogen (secondary N) is 1. The summed E-state index contributed by atoms with van der Waals surface area (Å²) in [5.74, 6) is 0.217. The third kappa shape index (κ3) is 5.47. The number of ether oxygens (including phenoxy) is 1. The van der Waals surface area contributed by atoms with Gasteiger partial charge in [0, 0.05) is 39.2 Å². The van der Waals surface area contributed by atoms with Gasteiger partial charge in [0.1, 0.15) is 0 Å². The first-order valence-corrected chi connectivity index (χ1v) is 6.10. The fourth-order valence-corrected chi connectivity index (χ4v) is 1.51. The molecular weight excluding hydrogens is 204 g/mol. The van der Waals surface area contributed by atoms with E-state index < -0.39 is 0 Å². The van der Waals surface area contributed by atoms with Gasteiger partial charge in [-0.25, -0.2) is 0 Å². The van der Waals surface area contributed by atoms with E-state index in [2.05, 4.69) is 12.2 Å². The van der Waals surface area contributed by atoms with Crippen LogP contribution in [0.15, 0.2) is 0 Å². The molecule has 2 unspecified atom stereocenters. The Kier molecular flexibility index (Phi) is 8.21. The minimum atomic E-state index is 0.170. The molecule has 4 nitrogen and oxygen atoms in total. The summed E-state index contributed by atoms with van der Waals surface area (Å²) in [7, 11) is 1.70. The lowest BCUT2D eigenvalue weighted by Gasteiger charge is -2.22. The zero-order valence-electron chi connectivity index (χ0n) is 11.2. The topological polar surface area (TPSA) is 41.6 Å². The van der Waals surface area contributed by atoms with Crippen LogP contribution in [0.3, 0.4) is 0 Å². The van der Waals surface area contributed by atoms with E-state index >= 15 is 0 Å². The van der Waals surface area contributed by atoms with Crippen LogP contribution in [-0.4, -0.2) is 49.7 Å². The van der Waals surface area contributed by atoms with E-state index in [0.29, 0.717) is 13.0 Å². The molecule has 1 amide bonds. The summed E-state index contributed by atoms with van der Waals surface area (Å²) in [5, 5.41) is 3.29. The summed E-state index contributed by atoms with van der Waals surface area (Å²) in [4.78, 5) is 13.5. The lowest BCUT2D eigenvalue weighted by atomic mass is 10.2. The van der Waals surface area contributed by atoms with Crippen LogP contribution in [0, 0.1) is 0 Å². The number of carbonyl (C=O) groups is 1. The molecule has 0 aliphatic heterocycles. The van der Waals surface area contributed by atoms with Crippen LogP contribution in [0.4, 0.5) is 0 Å². The van der Waals surface area contributed by atoms with Crippen molar-refractivity contribution in [2.45, 2.75) is 46.3 Å². The summed E-state index contributed by atoms with van der Waals surface area (Å²) in [6.07, 6.45) is 0.728. The molecule has 2 atom stereocenters. The van der Waals surface area contributed by atoms with Crippen LogP contribution in [0.2, 0.25) is 0 Å². The molecule has 16 heavy (non-hydrogen) atoms. The van der Waals surface area contributed by atoms with E-state index in [1.54, 1.807) is 7.11 Å². The monoisotopic (exact) mass is 230 g/mol. The smallest absolute Gasteiger partial charge is 0.223 e. The summed E-state index contributed by atoms with van der Waals surface area (Å²) in [6.45, 7) is 10.4. The second-order valence-corrected chi connectivity index (χ2v) is 4.00. The van der Waals surface area contributed by atoms with Gasteiger partial charge in [0.05, 0.1) is 6.10 Å². The number of methoxy groups -OCH3 is 1. The maximum Gasteiger partial charge on any atom is 0.223 e. The van der Waals surface area contributed by atoms with Crippen LogP contribution >= 0.6 is 0 Å². The maximum atomic E-state index is 11.7. The molecule has 0 radical (unpaired) electrons. The quantitative estimate of drug-likeness (QED) is 0.682. The lowest BCUT2D eigenvalue weighted by Crippen LogP contribution is -2.39. The summed E-state index contributed by atoms with van der Waals surface area (Å²) >= 11 is 0. The van der Waals surface area contributed by atoms with Crippen LogP contribution < -0.4 is 5.32 Å². The van der Waals surface area contributed by atoms with Crippen molar-refractivity contribution in [3.05, 3.63) is 0 Å². The molecule has 0 aliphatic rings. The van der Waals surface area contributed by atoms with Crippen molar-refractivity contribution in [1.82, 2.24) is 10.2 Å². The molecule has 0 bridgehead atoms. The third-order valence-electron chi connectivity index (χ3n) is 3.00. The average Bonchev–Trinajstić information content (AvgIpc) is 2.29. The van der Waals surface area contributed by atoms with Gasteiger partial charge in [0.2, 0.25) is 5.91 Å². The van der Waals surface area contributed by atoms with Crippen LogP contribution in [0.1, 0.15) is 34.1 Å². The Hall–Kier alpha value is -0.610. The summed E-state index contributed by atoms with van der Waals surface area (Å²) < 4.78 is 5.20. The molecule has 0 aromatic rings. The predicted octanol–water partition coefficient (Wildman–Crippen LogP) is 1.26. The van der Waals surface area contributed by atoms with E-state index in [0.717, 1.165) is 13.1 Å². The third-order valence-corrected chi connectivity index (χ3v) is 3.00. The normalized spacial score (nSPS) is 14.6. The van der Waals surface area contributed by atoms with Crippen LogP contribution in [0.25, 0.3) is 0 Å². The summed E-state index contributed by atoms with van der Waals surface area (Å²) in [6, 6.07) is 0.273. The Morgan fingerprint density at radius 1 is 1.31 bits per heavy atom. The molecule has 1 N–H and O–H groups in total. The molecule has 0 aromatic heterocycles. The van der Waals surface area contributed by atoms with E-state index in [1.165, 1.54) is 0 Å². The van der Waals surface area contributed by atoms with E-state index in [4.69, 9.17) is 4.74 Å². The number of hydrogen-bond acceptors (Lipinski definition) is 3. The molecule has 0 fully saturated rings. The number of rotatable bonds is 8. The average molecular weight is 230 g/mol. The van der Waals surface area contributed by atoms with Crippen molar-refractivity contribution in [2.24, 2.45) is 0 Å². The second kappa shape index (κ2) is 8.53. The molecule has 0 rings (SSSR count). The van der Waals surface area contributed by atoms with Gasteiger partial charge < -0.3 is 15.0 Å². The molecule has 0 heterocycles. The Balaban J connectivity index is 3.77. The molecule has 0 saturated heterocycles. The fourth-order valence-electron chi connectivity index (χ4n) is 1.51. The van der Waals surface area contributed by atoms with Gasteiger partial charge in [-0.15, -0.1) is 0 Å². The largest absolute Gasteiger partial charge is 0.380 e. The maximum absolute atomic E-state index is 11.7. The van der Waals surface area contributed by atoms with Crippen LogP contribution in [-0.2, 0) is 9.53 Å². The Morgan fingerprint density at radius 2 is 1.88 bits per heavy atom. The first-order valence-electron chi connectivity index (χ1n) is 6.10. The van der Waals surface area contributed by atoms with Crippen molar-refractivity contribution in [3.63, 3.8) is 0 Å². The zero-order chi connectivity index (χ0) is 12.6. The predicted molar refractivity (Wildman–Crippen MR) is 66.5 cm³/mol. The number of amides is 1. The molecule has 96 valence electrons. The van der Waals surface area contributed by atoms with Gasteiger partial charge in [0.25, 0.3) is 0 Å². The van der Waals surface area contributed by atoms with Crippen molar-refractivity contribution in [3.8, 4) is 0 Å². The molecule has 0 spiro atoms.